The van der Waals surface area contributed by atoms with Gasteiger partial charge in [0.15, 0.2) is 0 Å². The van der Waals surface area contributed by atoms with Crippen molar-refractivity contribution in [2.45, 2.75) is 54.6 Å². The van der Waals surface area contributed by atoms with Crippen molar-refractivity contribution in [3.63, 3.8) is 0 Å². The summed E-state index contributed by atoms with van der Waals surface area (Å²) in [6, 6.07) is 10.3. The molecule has 0 spiro atoms. The first-order valence-electron chi connectivity index (χ1n) is 9.49. The Balaban J connectivity index is 1.78. The van der Waals surface area contributed by atoms with Crippen LogP contribution in [-0.2, 0) is 10.3 Å². The number of benzene rings is 2. The first kappa shape index (κ1) is 21.6. The minimum absolute atomic E-state index is 0.271. The van der Waals surface area contributed by atoms with Crippen molar-refractivity contribution in [2.75, 3.05) is 13.1 Å². The summed E-state index contributed by atoms with van der Waals surface area (Å²) in [4.78, 5) is 15.3. The van der Waals surface area contributed by atoms with E-state index in [4.69, 9.17) is 4.74 Å². The summed E-state index contributed by atoms with van der Waals surface area (Å²) in [7, 11) is 0. The highest BCUT2D eigenvalue weighted by Gasteiger charge is 2.38. The summed E-state index contributed by atoms with van der Waals surface area (Å²) in [5, 5.41) is 11.3. The quantitative estimate of drug-likeness (QED) is 0.727. The Bertz CT molecular complexity index is 873. The van der Waals surface area contributed by atoms with Gasteiger partial charge in [0, 0.05) is 28.4 Å². The van der Waals surface area contributed by atoms with Gasteiger partial charge in [-0.15, -0.1) is 0 Å². The van der Waals surface area contributed by atoms with Gasteiger partial charge in [0.2, 0.25) is 0 Å². The number of halogens is 2. The van der Waals surface area contributed by atoms with Gasteiger partial charge < -0.3 is 14.7 Å². The maximum absolute atomic E-state index is 14.0. The molecule has 1 saturated heterocycles. The minimum Gasteiger partial charge on any atom is -0.444 e. The van der Waals surface area contributed by atoms with Crippen LogP contribution in [0.5, 0.6) is 0 Å². The van der Waals surface area contributed by atoms with Crippen LogP contribution in [0.4, 0.5) is 13.6 Å². The summed E-state index contributed by atoms with van der Waals surface area (Å²) in [6.07, 6.45) is 0.124. The lowest BCUT2D eigenvalue weighted by atomic mass is 9.84. The number of rotatable bonds is 3. The van der Waals surface area contributed by atoms with Gasteiger partial charge in [-0.1, -0.05) is 11.8 Å². The van der Waals surface area contributed by atoms with Crippen molar-refractivity contribution in [1.82, 2.24) is 4.90 Å². The van der Waals surface area contributed by atoms with Crippen molar-refractivity contribution in [3.8, 4) is 0 Å². The highest BCUT2D eigenvalue weighted by Crippen LogP contribution is 2.41. The molecule has 0 atom stereocenters. The lowest BCUT2D eigenvalue weighted by Crippen LogP contribution is -2.47. The molecule has 3 rings (SSSR count). The lowest BCUT2D eigenvalue weighted by Gasteiger charge is -2.39. The number of hydrogen-bond donors (Lipinski definition) is 1. The molecule has 4 nitrogen and oxygen atoms in total. The molecule has 0 saturated carbocycles. The molecule has 2 aromatic rings. The number of aliphatic hydroxyl groups is 1. The number of carbonyl (C=O) groups excluding carboxylic acids is 1. The standard InChI is InChI=1S/C22H25F2NO3S/c1-21(2,3)28-20(26)25-12-10-22(27,11-13-25)18-14-16(24)6-9-19(18)29-17-7-4-15(23)5-8-17/h4-9,14,27H,10-13H2,1-3H3. The van der Waals surface area contributed by atoms with Gasteiger partial charge in [0.25, 0.3) is 0 Å². The third kappa shape index (κ3) is 5.48. The SMILES string of the molecule is CC(C)(C)OC(=O)N1CCC(O)(c2cc(F)ccc2Sc2ccc(F)cc2)CC1. The molecule has 1 aliphatic rings. The molecule has 156 valence electrons. The largest absolute Gasteiger partial charge is 0.444 e. The van der Waals surface area contributed by atoms with E-state index in [2.05, 4.69) is 0 Å². The Morgan fingerprint density at radius 2 is 1.66 bits per heavy atom. The maximum Gasteiger partial charge on any atom is 0.410 e. The van der Waals surface area contributed by atoms with Crippen LogP contribution in [0.3, 0.4) is 0 Å². The molecule has 1 aliphatic heterocycles. The van der Waals surface area contributed by atoms with E-state index >= 15 is 0 Å². The van der Waals surface area contributed by atoms with Crippen molar-refractivity contribution >= 4 is 17.9 Å². The predicted molar refractivity (Wildman–Crippen MR) is 108 cm³/mol. The second-order valence-electron chi connectivity index (χ2n) is 8.20. The Kier molecular flexibility index (Phi) is 6.19. The zero-order valence-electron chi connectivity index (χ0n) is 16.7. The Hall–Kier alpha value is -2.12. The van der Waals surface area contributed by atoms with Gasteiger partial charge >= 0.3 is 6.09 Å². The molecule has 0 radical (unpaired) electrons. The van der Waals surface area contributed by atoms with E-state index in [9.17, 15) is 18.7 Å². The van der Waals surface area contributed by atoms with Crippen LogP contribution in [-0.4, -0.2) is 34.8 Å². The average molecular weight is 422 g/mol. The van der Waals surface area contributed by atoms with Crippen LogP contribution in [0.1, 0.15) is 39.2 Å². The summed E-state index contributed by atoms with van der Waals surface area (Å²) >= 11 is 1.34. The topological polar surface area (TPSA) is 49.8 Å². The molecule has 2 aromatic carbocycles. The van der Waals surface area contributed by atoms with E-state index in [1.165, 1.54) is 36.0 Å². The number of likely N-dealkylation sites (tertiary alicyclic amines) is 1. The van der Waals surface area contributed by atoms with Gasteiger partial charge in [-0.2, -0.15) is 0 Å². The van der Waals surface area contributed by atoms with E-state index in [1.807, 2.05) is 0 Å². The predicted octanol–water partition coefficient (Wildman–Crippen LogP) is 5.33. The van der Waals surface area contributed by atoms with Crippen molar-refractivity contribution in [1.29, 1.82) is 0 Å². The Morgan fingerprint density at radius 1 is 1.07 bits per heavy atom. The molecule has 7 heteroatoms. The van der Waals surface area contributed by atoms with E-state index in [1.54, 1.807) is 43.9 Å². The molecule has 0 aliphatic carbocycles. The van der Waals surface area contributed by atoms with Crippen LogP contribution >= 0.6 is 11.8 Å². The van der Waals surface area contributed by atoms with Gasteiger partial charge in [-0.3, -0.25) is 0 Å². The zero-order chi connectivity index (χ0) is 21.2. The fourth-order valence-corrected chi connectivity index (χ4v) is 4.26. The first-order valence-corrected chi connectivity index (χ1v) is 10.3. The van der Waals surface area contributed by atoms with E-state index < -0.39 is 23.1 Å². The van der Waals surface area contributed by atoms with Crippen molar-refractivity contribution in [2.24, 2.45) is 0 Å². The summed E-state index contributed by atoms with van der Waals surface area (Å²) in [6.45, 7) is 6.02. The molecule has 1 heterocycles. The molecule has 1 fully saturated rings. The first-order chi connectivity index (χ1) is 13.6. The third-order valence-electron chi connectivity index (χ3n) is 4.73. The molecule has 29 heavy (non-hydrogen) atoms. The zero-order valence-corrected chi connectivity index (χ0v) is 17.6. The molecule has 1 amide bonds. The summed E-state index contributed by atoms with van der Waals surface area (Å²) in [5.41, 5.74) is -1.37. The van der Waals surface area contributed by atoms with Gasteiger partial charge in [0.05, 0.1) is 5.60 Å². The molecule has 0 aromatic heterocycles. The molecule has 0 bridgehead atoms. The molecular weight excluding hydrogens is 396 g/mol. The highest BCUT2D eigenvalue weighted by atomic mass is 32.2. The van der Waals surface area contributed by atoms with Crippen LogP contribution in [0.2, 0.25) is 0 Å². The van der Waals surface area contributed by atoms with E-state index in [-0.39, 0.29) is 18.7 Å². The average Bonchev–Trinajstić information content (AvgIpc) is 2.64. The monoisotopic (exact) mass is 421 g/mol. The number of ether oxygens (including phenoxy) is 1. The molecular formula is C22H25F2NO3S. The number of piperidine rings is 1. The molecule has 1 N–H and O–H groups in total. The van der Waals surface area contributed by atoms with Crippen LogP contribution in [0, 0.1) is 11.6 Å². The summed E-state index contributed by atoms with van der Waals surface area (Å²) < 4.78 is 32.6. The van der Waals surface area contributed by atoms with Gasteiger partial charge in [-0.25, -0.2) is 13.6 Å². The molecule has 0 unspecified atom stereocenters. The fraction of sp³-hybridized carbons (Fsp3) is 0.409. The smallest absolute Gasteiger partial charge is 0.410 e. The highest BCUT2D eigenvalue weighted by molar-refractivity contribution is 7.99. The van der Waals surface area contributed by atoms with Gasteiger partial charge in [-0.05, 0) is 76.1 Å². The summed E-state index contributed by atoms with van der Waals surface area (Å²) in [5.74, 6) is -0.770. The number of amides is 1. The van der Waals surface area contributed by atoms with Crippen LogP contribution < -0.4 is 0 Å². The van der Waals surface area contributed by atoms with Crippen molar-refractivity contribution < 1.29 is 23.4 Å². The van der Waals surface area contributed by atoms with E-state index in [0.717, 1.165) is 4.90 Å². The fourth-order valence-electron chi connectivity index (χ4n) is 3.24. The van der Waals surface area contributed by atoms with Crippen molar-refractivity contribution in [3.05, 3.63) is 59.7 Å². The number of carbonyl (C=O) groups is 1. The lowest BCUT2D eigenvalue weighted by molar-refractivity contribution is -0.0373. The Labute approximate surface area is 173 Å². The minimum atomic E-state index is -1.26. The number of nitrogens with zero attached hydrogens (tertiary/aromatic N) is 1. The van der Waals surface area contributed by atoms with Crippen LogP contribution in [0.15, 0.2) is 52.3 Å². The Morgan fingerprint density at radius 3 is 2.24 bits per heavy atom. The number of hydrogen-bond acceptors (Lipinski definition) is 4. The van der Waals surface area contributed by atoms with Crippen LogP contribution in [0.25, 0.3) is 0 Å². The second-order valence-corrected chi connectivity index (χ2v) is 9.31. The second kappa shape index (κ2) is 8.32. The maximum atomic E-state index is 14.0. The normalized spacial score (nSPS) is 16.6. The van der Waals surface area contributed by atoms with Gasteiger partial charge in [0.1, 0.15) is 17.2 Å². The van der Waals surface area contributed by atoms with E-state index in [0.29, 0.717) is 23.5 Å². The third-order valence-corrected chi connectivity index (χ3v) is 5.81.